The fourth-order valence-corrected chi connectivity index (χ4v) is 2.41. The van der Waals surface area contributed by atoms with Gasteiger partial charge in [0.2, 0.25) is 0 Å². The van der Waals surface area contributed by atoms with Crippen LogP contribution >= 0.6 is 39.1 Å². The summed E-state index contributed by atoms with van der Waals surface area (Å²) in [6.45, 7) is 0.449. The van der Waals surface area contributed by atoms with Gasteiger partial charge in [-0.3, -0.25) is 0 Å². The molecule has 2 nitrogen and oxygen atoms in total. The molecule has 0 aliphatic heterocycles. The Bertz CT molecular complexity index is 555. The van der Waals surface area contributed by atoms with E-state index in [1.54, 1.807) is 0 Å². The van der Waals surface area contributed by atoms with E-state index in [1.165, 1.54) is 12.1 Å². The predicted molar refractivity (Wildman–Crippen MR) is 75.7 cm³/mol. The van der Waals surface area contributed by atoms with Gasteiger partial charge in [-0.1, -0.05) is 29.3 Å². The molecule has 0 fully saturated rings. The van der Waals surface area contributed by atoms with E-state index in [1.807, 2.05) is 18.2 Å². The van der Waals surface area contributed by atoms with Gasteiger partial charge in [0, 0.05) is 0 Å². The lowest BCUT2D eigenvalue weighted by Crippen LogP contribution is -2.03. The van der Waals surface area contributed by atoms with E-state index in [-0.39, 0.29) is 10.0 Å². The maximum absolute atomic E-state index is 13.0. The van der Waals surface area contributed by atoms with Gasteiger partial charge in [0.25, 0.3) is 0 Å². The first kappa shape index (κ1) is 13.6. The largest absolute Gasteiger partial charge is 0.377 e. The first-order valence-electron chi connectivity index (χ1n) is 5.06. The van der Waals surface area contributed by atoms with Crippen LogP contribution in [-0.2, 0) is 6.54 Å². The Balaban J connectivity index is 2.16. The molecule has 1 heterocycles. The van der Waals surface area contributed by atoms with Crippen molar-refractivity contribution in [3.8, 4) is 0 Å². The zero-order chi connectivity index (χ0) is 13.1. The molecule has 1 N–H and O–H groups in total. The van der Waals surface area contributed by atoms with E-state index in [9.17, 15) is 4.39 Å². The summed E-state index contributed by atoms with van der Waals surface area (Å²) in [4.78, 5) is 4.26. The molecule has 0 atom stereocenters. The van der Waals surface area contributed by atoms with Crippen molar-refractivity contribution in [2.75, 3.05) is 5.32 Å². The van der Waals surface area contributed by atoms with Crippen LogP contribution in [0.5, 0.6) is 0 Å². The molecule has 18 heavy (non-hydrogen) atoms. The molecule has 0 spiro atoms. The van der Waals surface area contributed by atoms with Gasteiger partial charge in [-0.25, -0.2) is 9.37 Å². The van der Waals surface area contributed by atoms with Crippen molar-refractivity contribution < 1.29 is 4.39 Å². The second-order valence-electron chi connectivity index (χ2n) is 3.55. The molecule has 0 unspecified atom stereocenters. The first-order valence-corrected chi connectivity index (χ1v) is 6.61. The molecular formula is C12H8BrCl2FN2. The number of aromatic nitrogens is 1. The van der Waals surface area contributed by atoms with Gasteiger partial charge in [-0.05, 0) is 40.2 Å². The molecule has 0 saturated carbocycles. The Morgan fingerprint density at radius 2 is 1.89 bits per heavy atom. The maximum atomic E-state index is 13.0. The second-order valence-corrected chi connectivity index (χ2v) is 5.18. The molecule has 94 valence electrons. The van der Waals surface area contributed by atoms with Crippen LogP contribution in [0.2, 0.25) is 10.0 Å². The van der Waals surface area contributed by atoms with Crippen LogP contribution in [-0.4, -0.2) is 4.98 Å². The van der Waals surface area contributed by atoms with Gasteiger partial charge in [0.05, 0.1) is 28.0 Å². The summed E-state index contributed by atoms with van der Waals surface area (Å²) in [6.07, 6.45) is 0. The number of nitrogens with one attached hydrogen (secondary N) is 1. The van der Waals surface area contributed by atoms with E-state index < -0.39 is 5.82 Å². The summed E-state index contributed by atoms with van der Waals surface area (Å²) in [5, 5.41) is 3.53. The summed E-state index contributed by atoms with van der Waals surface area (Å²) in [5.74, 6) is -0.462. The van der Waals surface area contributed by atoms with E-state index in [0.29, 0.717) is 12.2 Å². The van der Waals surface area contributed by atoms with E-state index in [0.717, 1.165) is 10.3 Å². The number of halogens is 4. The van der Waals surface area contributed by atoms with Crippen molar-refractivity contribution in [2.45, 2.75) is 6.54 Å². The van der Waals surface area contributed by atoms with Crippen molar-refractivity contribution in [3.63, 3.8) is 0 Å². The molecule has 1 aromatic heterocycles. The van der Waals surface area contributed by atoms with Crippen molar-refractivity contribution in [1.82, 2.24) is 4.98 Å². The number of pyridine rings is 1. The lowest BCUT2D eigenvalue weighted by atomic mass is 10.3. The monoisotopic (exact) mass is 348 g/mol. The minimum Gasteiger partial charge on any atom is -0.377 e. The summed E-state index contributed by atoms with van der Waals surface area (Å²) < 4.78 is 13.8. The lowest BCUT2D eigenvalue weighted by Gasteiger charge is -2.10. The van der Waals surface area contributed by atoms with Crippen LogP contribution in [0.15, 0.2) is 34.9 Å². The molecular weight excluding hydrogens is 342 g/mol. The molecule has 0 aliphatic carbocycles. The fourth-order valence-electron chi connectivity index (χ4n) is 1.44. The minimum absolute atomic E-state index is 0.245. The van der Waals surface area contributed by atoms with Crippen LogP contribution in [0, 0.1) is 5.82 Å². The number of hydrogen-bond acceptors (Lipinski definition) is 2. The quantitative estimate of drug-likeness (QED) is 0.797. The molecule has 0 bridgehead atoms. The second kappa shape index (κ2) is 5.87. The number of nitrogens with zero attached hydrogens (tertiary/aromatic N) is 1. The van der Waals surface area contributed by atoms with Crippen LogP contribution in [0.4, 0.5) is 10.1 Å². The predicted octanol–water partition coefficient (Wildman–Crippen LogP) is 4.90. The van der Waals surface area contributed by atoms with Gasteiger partial charge < -0.3 is 5.32 Å². The van der Waals surface area contributed by atoms with Crippen LogP contribution < -0.4 is 5.32 Å². The highest BCUT2D eigenvalue weighted by atomic mass is 79.9. The third-order valence-corrected chi connectivity index (χ3v) is 3.26. The average Bonchev–Trinajstić information content (AvgIpc) is 2.27. The lowest BCUT2D eigenvalue weighted by molar-refractivity contribution is 0.628. The van der Waals surface area contributed by atoms with E-state index in [4.69, 9.17) is 23.2 Å². The topological polar surface area (TPSA) is 24.9 Å². The molecule has 0 radical (unpaired) electrons. The summed E-state index contributed by atoms with van der Waals surface area (Å²) >= 11 is 15.1. The molecule has 0 saturated heterocycles. The van der Waals surface area contributed by atoms with E-state index >= 15 is 0 Å². The van der Waals surface area contributed by atoms with Gasteiger partial charge in [0.1, 0.15) is 10.4 Å². The zero-order valence-corrected chi connectivity index (χ0v) is 12.2. The smallest absolute Gasteiger partial charge is 0.126 e. The minimum atomic E-state index is -0.462. The molecule has 2 rings (SSSR count). The third-order valence-electron chi connectivity index (χ3n) is 2.23. The highest BCUT2D eigenvalue weighted by molar-refractivity contribution is 9.10. The van der Waals surface area contributed by atoms with Crippen LogP contribution in [0.3, 0.4) is 0 Å². The summed E-state index contributed by atoms with van der Waals surface area (Å²) in [5.41, 5.74) is 1.32. The van der Waals surface area contributed by atoms with Crippen molar-refractivity contribution in [2.24, 2.45) is 0 Å². The van der Waals surface area contributed by atoms with Crippen LogP contribution in [0.1, 0.15) is 5.69 Å². The molecule has 0 amide bonds. The Kier molecular flexibility index (Phi) is 4.43. The number of anilines is 1. The Hall–Kier alpha value is -0.840. The number of hydrogen-bond donors (Lipinski definition) is 1. The molecule has 6 heteroatoms. The molecule has 2 aromatic rings. The van der Waals surface area contributed by atoms with Gasteiger partial charge in [0.15, 0.2) is 0 Å². The highest BCUT2D eigenvalue weighted by Gasteiger charge is 2.08. The normalized spacial score (nSPS) is 10.4. The summed E-state index contributed by atoms with van der Waals surface area (Å²) in [7, 11) is 0. The Labute approximate surface area is 122 Å². The Morgan fingerprint density at radius 3 is 2.50 bits per heavy atom. The number of rotatable bonds is 3. The van der Waals surface area contributed by atoms with E-state index in [2.05, 4.69) is 26.2 Å². The molecule has 1 aromatic carbocycles. The van der Waals surface area contributed by atoms with Gasteiger partial charge >= 0.3 is 0 Å². The highest BCUT2D eigenvalue weighted by Crippen LogP contribution is 2.31. The van der Waals surface area contributed by atoms with Crippen molar-refractivity contribution in [1.29, 1.82) is 0 Å². The molecule has 0 aliphatic rings. The third kappa shape index (κ3) is 3.34. The standard InChI is InChI=1S/C12H8BrCl2FN2/c13-11-3-1-2-8(18-11)6-17-12-9(14)4-7(16)5-10(12)15/h1-5,17H,6H2. The van der Waals surface area contributed by atoms with Gasteiger partial charge in [-0.15, -0.1) is 0 Å². The maximum Gasteiger partial charge on any atom is 0.126 e. The first-order chi connectivity index (χ1) is 8.56. The average molecular weight is 350 g/mol. The number of benzene rings is 1. The van der Waals surface area contributed by atoms with Crippen molar-refractivity contribution in [3.05, 3.63) is 56.5 Å². The van der Waals surface area contributed by atoms with Crippen LogP contribution in [0.25, 0.3) is 0 Å². The van der Waals surface area contributed by atoms with Crippen molar-refractivity contribution >= 4 is 44.8 Å². The zero-order valence-electron chi connectivity index (χ0n) is 9.05. The van der Waals surface area contributed by atoms with Gasteiger partial charge in [-0.2, -0.15) is 0 Å². The Morgan fingerprint density at radius 1 is 1.22 bits per heavy atom. The summed E-state index contributed by atoms with van der Waals surface area (Å²) in [6, 6.07) is 8.00. The SMILES string of the molecule is Fc1cc(Cl)c(NCc2cccc(Br)n2)c(Cl)c1. The fraction of sp³-hybridized carbons (Fsp3) is 0.0833.